The number of benzene rings is 2. The van der Waals surface area contributed by atoms with E-state index in [1.165, 1.54) is 18.7 Å². The lowest BCUT2D eigenvalue weighted by molar-refractivity contribution is -0.702. The summed E-state index contributed by atoms with van der Waals surface area (Å²) >= 11 is 12.0. The van der Waals surface area contributed by atoms with Gasteiger partial charge in [-0.1, -0.05) is 23.2 Å². The molecule has 0 saturated heterocycles. The Morgan fingerprint density at radius 3 is 2.25 bits per heavy atom. The zero-order valence-electron chi connectivity index (χ0n) is 15.4. The van der Waals surface area contributed by atoms with Crippen LogP contribution >= 0.6 is 40.2 Å². The number of aryl methyl sites for hydroxylation is 1. The summed E-state index contributed by atoms with van der Waals surface area (Å²) in [5, 5.41) is 1.35. The number of nitrogens with zero attached hydrogens (tertiary/aromatic N) is 2. The van der Waals surface area contributed by atoms with Crippen molar-refractivity contribution in [3.05, 3.63) is 76.2 Å². The van der Waals surface area contributed by atoms with Gasteiger partial charge < -0.3 is 0 Å². The molecule has 0 amide bonds. The summed E-state index contributed by atoms with van der Waals surface area (Å²) in [5.74, 6) is 1.31. The fourth-order valence-electron chi connectivity index (χ4n) is 3.70. The SMILES string of the molecule is Br.O=C(Cn1c(-c2ccc(Cl)cc2)c[n+]2c1CCCCC2)c1ccc(Cl)cc1. The van der Waals surface area contributed by atoms with Gasteiger partial charge >= 0.3 is 0 Å². The summed E-state index contributed by atoms with van der Waals surface area (Å²) in [5.41, 5.74) is 2.82. The number of fused-ring (bicyclic) bond motifs is 1. The lowest BCUT2D eigenvalue weighted by Crippen LogP contribution is -2.36. The van der Waals surface area contributed by atoms with Gasteiger partial charge in [0.05, 0.1) is 6.54 Å². The van der Waals surface area contributed by atoms with Crippen LogP contribution in [0.2, 0.25) is 10.0 Å². The van der Waals surface area contributed by atoms with Crippen LogP contribution in [-0.4, -0.2) is 10.4 Å². The van der Waals surface area contributed by atoms with Gasteiger partial charge in [-0.25, -0.2) is 9.13 Å². The van der Waals surface area contributed by atoms with Crippen molar-refractivity contribution in [1.29, 1.82) is 0 Å². The zero-order valence-corrected chi connectivity index (χ0v) is 18.6. The molecule has 2 aromatic carbocycles. The fourth-order valence-corrected chi connectivity index (χ4v) is 3.95. The molecular weight excluding hydrogens is 459 g/mol. The second kappa shape index (κ2) is 9.25. The quantitative estimate of drug-likeness (QED) is 0.335. The van der Waals surface area contributed by atoms with E-state index in [1.807, 2.05) is 24.3 Å². The van der Waals surface area contributed by atoms with Crippen molar-refractivity contribution in [2.45, 2.75) is 38.8 Å². The van der Waals surface area contributed by atoms with Gasteiger partial charge in [-0.2, -0.15) is 0 Å². The van der Waals surface area contributed by atoms with Gasteiger partial charge in [-0.3, -0.25) is 4.79 Å². The van der Waals surface area contributed by atoms with Crippen molar-refractivity contribution in [2.24, 2.45) is 0 Å². The standard InChI is InChI=1S/C22H21Cl2N2O.BrH/c23-18-9-5-16(6-10-18)20-14-25-13-3-1-2-4-22(25)26(20)15-21(27)17-7-11-19(24)12-8-17;/h5-12,14H,1-4,13,15H2;1H/q+1;. The Labute approximate surface area is 185 Å². The number of Topliss-reactive ketones (excluding diaryl/α,β-unsaturated/α-hetero) is 1. The topological polar surface area (TPSA) is 25.9 Å². The Bertz CT molecular complexity index is 965. The van der Waals surface area contributed by atoms with E-state index in [0.29, 0.717) is 22.2 Å². The van der Waals surface area contributed by atoms with Gasteiger partial charge in [-0.05, 0) is 67.8 Å². The van der Waals surface area contributed by atoms with E-state index in [2.05, 4.69) is 15.3 Å². The van der Waals surface area contributed by atoms with Crippen LogP contribution in [0.1, 0.15) is 35.4 Å². The van der Waals surface area contributed by atoms with Gasteiger partial charge in [0, 0.05) is 27.6 Å². The summed E-state index contributed by atoms with van der Waals surface area (Å²) in [6.07, 6.45) is 6.72. The highest BCUT2D eigenvalue weighted by Gasteiger charge is 2.27. The van der Waals surface area contributed by atoms with Crippen molar-refractivity contribution in [3.63, 3.8) is 0 Å². The molecule has 1 aromatic heterocycles. The first-order valence-corrected chi connectivity index (χ1v) is 10.0. The Balaban J connectivity index is 0.00000225. The first kappa shape index (κ1) is 21.1. The van der Waals surface area contributed by atoms with Crippen LogP contribution in [0.15, 0.2) is 54.7 Å². The fraction of sp³-hybridized carbons (Fsp3) is 0.273. The van der Waals surface area contributed by atoms with E-state index in [-0.39, 0.29) is 22.8 Å². The molecule has 6 heteroatoms. The van der Waals surface area contributed by atoms with Crippen LogP contribution in [0, 0.1) is 0 Å². The summed E-state index contributed by atoms with van der Waals surface area (Å²) in [7, 11) is 0. The molecule has 1 aliphatic heterocycles. The van der Waals surface area contributed by atoms with Gasteiger partial charge in [-0.15, -0.1) is 17.0 Å². The Morgan fingerprint density at radius 2 is 1.57 bits per heavy atom. The third-order valence-corrected chi connectivity index (χ3v) is 5.62. The lowest BCUT2D eigenvalue weighted by atomic mass is 10.1. The normalized spacial score (nSPS) is 13.4. The molecule has 3 nitrogen and oxygen atoms in total. The predicted molar refractivity (Wildman–Crippen MR) is 119 cm³/mol. The highest BCUT2D eigenvalue weighted by Crippen LogP contribution is 2.25. The second-order valence-corrected chi connectivity index (χ2v) is 7.83. The van der Waals surface area contributed by atoms with Crippen molar-refractivity contribution < 1.29 is 9.36 Å². The maximum Gasteiger partial charge on any atom is 0.257 e. The minimum absolute atomic E-state index is 0. The monoisotopic (exact) mass is 479 g/mol. The van der Waals surface area contributed by atoms with Crippen LogP contribution in [0.5, 0.6) is 0 Å². The molecule has 0 radical (unpaired) electrons. The largest absolute Gasteiger partial charge is 0.290 e. The minimum Gasteiger partial charge on any atom is -0.290 e. The Hall–Kier alpha value is -1.62. The van der Waals surface area contributed by atoms with Crippen molar-refractivity contribution in [3.8, 4) is 11.3 Å². The summed E-state index contributed by atoms with van der Waals surface area (Å²) in [4.78, 5) is 12.9. The van der Waals surface area contributed by atoms with Crippen LogP contribution < -0.4 is 4.57 Å². The van der Waals surface area contributed by atoms with E-state index in [1.54, 1.807) is 24.3 Å². The molecule has 0 fully saturated rings. The molecule has 146 valence electrons. The van der Waals surface area contributed by atoms with Crippen molar-refractivity contribution >= 4 is 46.0 Å². The number of halogens is 3. The van der Waals surface area contributed by atoms with E-state index >= 15 is 0 Å². The number of ketones is 1. The van der Waals surface area contributed by atoms with Crippen LogP contribution in [0.3, 0.4) is 0 Å². The van der Waals surface area contributed by atoms with E-state index in [4.69, 9.17) is 23.2 Å². The second-order valence-electron chi connectivity index (χ2n) is 6.96. The number of carbonyl (C=O) groups is 1. The highest BCUT2D eigenvalue weighted by atomic mass is 79.9. The first-order chi connectivity index (χ1) is 13.1. The zero-order chi connectivity index (χ0) is 18.8. The Kier molecular flexibility index (Phi) is 6.97. The van der Waals surface area contributed by atoms with Gasteiger partial charge in [0.15, 0.2) is 12.2 Å². The molecule has 4 rings (SSSR count). The summed E-state index contributed by atoms with van der Waals surface area (Å²) < 4.78 is 4.48. The molecule has 0 atom stereocenters. The maximum absolute atomic E-state index is 12.9. The van der Waals surface area contributed by atoms with Gasteiger partial charge in [0.25, 0.3) is 5.82 Å². The highest BCUT2D eigenvalue weighted by molar-refractivity contribution is 8.93. The molecule has 0 bridgehead atoms. The predicted octanol–water partition coefficient (Wildman–Crippen LogP) is 5.94. The van der Waals surface area contributed by atoms with Crippen molar-refractivity contribution in [2.75, 3.05) is 0 Å². The van der Waals surface area contributed by atoms with Crippen LogP contribution in [0.4, 0.5) is 0 Å². The van der Waals surface area contributed by atoms with Gasteiger partial charge in [0.1, 0.15) is 6.20 Å². The number of aromatic nitrogens is 2. The third-order valence-electron chi connectivity index (χ3n) is 5.12. The van der Waals surface area contributed by atoms with E-state index in [9.17, 15) is 4.79 Å². The van der Waals surface area contributed by atoms with Gasteiger partial charge in [0.2, 0.25) is 5.78 Å². The molecule has 0 unspecified atom stereocenters. The first-order valence-electron chi connectivity index (χ1n) is 9.28. The molecule has 28 heavy (non-hydrogen) atoms. The number of hydrogen-bond donors (Lipinski definition) is 0. The molecule has 2 heterocycles. The molecular formula is C22H22BrCl2N2O+. The average Bonchev–Trinajstić information content (AvgIpc) is 2.85. The molecule has 0 N–H and O–H groups in total. The molecule has 0 aliphatic carbocycles. The Morgan fingerprint density at radius 1 is 0.929 bits per heavy atom. The number of hydrogen-bond acceptors (Lipinski definition) is 1. The van der Waals surface area contributed by atoms with E-state index in [0.717, 1.165) is 30.6 Å². The molecule has 1 aliphatic rings. The lowest BCUT2D eigenvalue weighted by Gasteiger charge is -2.06. The summed E-state index contributed by atoms with van der Waals surface area (Å²) in [6, 6.07) is 14.9. The number of rotatable bonds is 4. The van der Waals surface area contributed by atoms with Crippen LogP contribution in [0.25, 0.3) is 11.3 Å². The molecule has 3 aromatic rings. The minimum atomic E-state index is 0. The molecule has 0 spiro atoms. The summed E-state index contributed by atoms with van der Waals surface area (Å²) in [6.45, 7) is 1.32. The molecule has 0 saturated carbocycles. The third kappa shape index (κ3) is 4.51. The average molecular weight is 481 g/mol. The smallest absolute Gasteiger partial charge is 0.257 e. The van der Waals surface area contributed by atoms with Crippen LogP contribution in [-0.2, 0) is 19.5 Å². The number of carbonyl (C=O) groups excluding carboxylic acids is 1. The van der Waals surface area contributed by atoms with E-state index < -0.39 is 0 Å². The van der Waals surface area contributed by atoms with Crippen molar-refractivity contribution in [1.82, 2.24) is 4.57 Å². The maximum atomic E-state index is 12.9. The number of imidazole rings is 1.